The molecule has 178 valence electrons. The molecular formula is C21H20ClF2N7O2S. The lowest BCUT2D eigenvalue weighted by Gasteiger charge is -2.23. The summed E-state index contributed by atoms with van der Waals surface area (Å²) >= 11 is 6.28. The second-order valence-corrected chi connectivity index (χ2v) is 9.14. The average molecular weight is 508 g/mol. The number of nitrogens with one attached hydrogen (secondary N) is 3. The molecule has 3 rings (SSSR count). The number of nitriles is 1. The Labute approximate surface area is 200 Å². The van der Waals surface area contributed by atoms with Crippen LogP contribution in [0.4, 0.5) is 31.8 Å². The quantitative estimate of drug-likeness (QED) is 0.402. The van der Waals surface area contributed by atoms with E-state index in [9.17, 15) is 22.5 Å². The molecule has 0 bridgehead atoms. The Hall–Kier alpha value is -3.53. The average Bonchev–Trinajstić information content (AvgIpc) is 2.81. The molecule has 0 radical (unpaired) electrons. The summed E-state index contributed by atoms with van der Waals surface area (Å²) < 4.78 is 55.0. The maximum Gasteiger partial charge on any atom is 0.267 e. The zero-order valence-corrected chi connectivity index (χ0v) is 19.7. The summed E-state index contributed by atoms with van der Waals surface area (Å²) in [6, 6.07) is 8.88. The standard InChI is InChI=1S/C21H20ClF2N7O2S/c1-26-5-6-31(2)19-7-13(10-25)3-4-17(19)29-18-9-16(24)20(8-15(18)22)34(32,33)30-21-27-11-14(23)12-28-21/h3-4,7-9,11-12,26,29H,5-6H2,1-2H3,(H,27,28,30). The summed E-state index contributed by atoms with van der Waals surface area (Å²) in [6.07, 6.45) is 1.54. The third-order valence-corrected chi connectivity index (χ3v) is 6.32. The Morgan fingerprint density at radius 3 is 2.50 bits per heavy atom. The lowest BCUT2D eigenvalue weighted by atomic mass is 10.1. The Balaban J connectivity index is 1.92. The number of halogens is 3. The van der Waals surface area contributed by atoms with Gasteiger partial charge in [0.05, 0.1) is 46.1 Å². The second kappa shape index (κ2) is 10.6. The molecule has 2 aromatic carbocycles. The predicted molar refractivity (Wildman–Crippen MR) is 126 cm³/mol. The molecule has 3 aromatic rings. The Bertz CT molecular complexity index is 1330. The van der Waals surface area contributed by atoms with Crippen LogP contribution in [0.1, 0.15) is 5.56 Å². The van der Waals surface area contributed by atoms with Gasteiger partial charge in [0.1, 0.15) is 10.7 Å². The molecule has 1 aromatic heterocycles. The van der Waals surface area contributed by atoms with Crippen LogP contribution in [-0.2, 0) is 10.0 Å². The van der Waals surface area contributed by atoms with E-state index in [-0.39, 0.29) is 10.7 Å². The van der Waals surface area contributed by atoms with Gasteiger partial charge in [0.25, 0.3) is 10.0 Å². The normalized spacial score (nSPS) is 11.1. The zero-order chi connectivity index (χ0) is 24.9. The van der Waals surface area contributed by atoms with Crippen molar-refractivity contribution in [2.45, 2.75) is 4.90 Å². The van der Waals surface area contributed by atoms with Crippen molar-refractivity contribution < 1.29 is 17.2 Å². The van der Waals surface area contributed by atoms with Gasteiger partial charge in [-0.3, -0.25) is 0 Å². The van der Waals surface area contributed by atoms with Crippen LogP contribution in [-0.4, -0.2) is 45.6 Å². The van der Waals surface area contributed by atoms with Crippen molar-refractivity contribution in [1.29, 1.82) is 5.26 Å². The molecule has 0 spiro atoms. The van der Waals surface area contributed by atoms with Crippen LogP contribution in [0, 0.1) is 23.0 Å². The SMILES string of the molecule is CNCCN(C)c1cc(C#N)ccc1Nc1cc(F)c(S(=O)(=O)Nc2ncc(F)cn2)cc1Cl. The van der Waals surface area contributed by atoms with Crippen LogP contribution < -0.4 is 20.3 Å². The van der Waals surface area contributed by atoms with Gasteiger partial charge in [-0.15, -0.1) is 0 Å². The van der Waals surface area contributed by atoms with Crippen LogP contribution in [0.15, 0.2) is 47.6 Å². The highest BCUT2D eigenvalue weighted by Gasteiger charge is 2.23. The number of nitrogens with zero attached hydrogens (tertiary/aromatic N) is 4. The smallest absolute Gasteiger partial charge is 0.267 e. The molecule has 0 atom stereocenters. The van der Waals surface area contributed by atoms with Gasteiger partial charge in [-0.1, -0.05) is 11.6 Å². The van der Waals surface area contributed by atoms with Crippen LogP contribution in [0.25, 0.3) is 0 Å². The Morgan fingerprint density at radius 2 is 1.85 bits per heavy atom. The maximum absolute atomic E-state index is 14.9. The van der Waals surface area contributed by atoms with E-state index in [1.54, 1.807) is 18.2 Å². The predicted octanol–water partition coefficient (Wildman–Crippen LogP) is 3.48. The first-order chi connectivity index (χ1) is 16.1. The van der Waals surface area contributed by atoms with Crippen molar-refractivity contribution in [1.82, 2.24) is 15.3 Å². The van der Waals surface area contributed by atoms with Gasteiger partial charge in [-0.05, 0) is 31.3 Å². The van der Waals surface area contributed by atoms with E-state index in [1.165, 1.54) is 0 Å². The molecule has 1 heterocycles. The second-order valence-electron chi connectivity index (χ2n) is 7.09. The molecule has 0 aliphatic rings. The molecular weight excluding hydrogens is 488 g/mol. The van der Waals surface area contributed by atoms with Gasteiger partial charge in [0.15, 0.2) is 5.82 Å². The molecule has 0 amide bonds. The summed E-state index contributed by atoms with van der Waals surface area (Å²) in [7, 11) is -0.799. The van der Waals surface area contributed by atoms with Gasteiger partial charge in [0.2, 0.25) is 5.95 Å². The summed E-state index contributed by atoms with van der Waals surface area (Å²) in [6.45, 7) is 1.30. The van der Waals surface area contributed by atoms with Crippen LogP contribution in [0.5, 0.6) is 0 Å². The molecule has 0 aliphatic carbocycles. The fourth-order valence-corrected chi connectivity index (χ4v) is 4.26. The molecule has 0 saturated carbocycles. The van der Waals surface area contributed by atoms with Crippen LogP contribution in [0.3, 0.4) is 0 Å². The van der Waals surface area contributed by atoms with Crippen molar-refractivity contribution >= 4 is 44.6 Å². The largest absolute Gasteiger partial charge is 0.372 e. The number of hydrogen-bond donors (Lipinski definition) is 3. The van der Waals surface area contributed by atoms with Gasteiger partial charge in [-0.2, -0.15) is 5.26 Å². The molecule has 0 fully saturated rings. The summed E-state index contributed by atoms with van der Waals surface area (Å²) in [5.74, 6) is -2.27. The van der Waals surface area contributed by atoms with Crippen molar-refractivity contribution in [3.63, 3.8) is 0 Å². The first-order valence-electron chi connectivity index (χ1n) is 9.81. The topological polar surface area (TPSA) is 123 Å². The third-order valence-electron chi connectivity index (χ3n) is 4.66. The third kappa shape index (κ3) is 5.88. The van der Waals surface area contributed by atoms with E-state index in [0.717, 1.165) is 24.5 Å². The number of anilines is 4. The van der Waals surface area contributed by atoms with Crippen molar-refractivity contribution in [3.8, 4) is 6.07 Å². The monoisotopic (exact) mass is 507 g/mol. The fourth-order valence-electron chi connectivity index (χ4n) is 2.94. The van der Waals surface area contributed by atoms with Crippen LogP contribution in [0.2, 0.25) is 5.02 Å². The first kappa shape index (κ1) is 25.1. The molecule has 9 nitrogen and oxygen atoms in total. The number of benzene rings is 2. The van der Waals surface area contributed by atoms with E-state index in [0.29, 0.717) is 30.0 Å². The Morgan fingerprint density at radius 1 is 1.15 bits per heavy atom. The Kier molecular flexibility index (Phi) is 7.83. The van der Waals surface area contributed by atoms with Crippen LogP contribution >= 0.6 is 11.6 Å². The zero-order valence-electron chi connectivity index (χ0n) is 18.1. The minimum atomic E-state index is -4.45. The van der Waals surface area contributed by atoms with Gasteiger partial charge in [0, 0.05) is 26.2 Å². The number of hydrogen-bond acceptors (Lipinski definition) is 8. The van der Waals surface area contributed by atoms with Crippen molar-refractivity contribution in [3.05, 3.63) is 64.9 Å². The minimum Gasteiger partial charge on any atom is -0.372 e. The fraction of sp³-hybridized carbons (Fsp3) is 0.190. The van der Waals surface area contributed by atoms with E-state index >= 15 is 0 Å². The number of rotatable bonds is 9. The van der Waals surface area contributed by atoms with E-state index in [2.05, 4.69) is 26.7 Å². The highest BCUT2D eigenvalue weighted by atomic mass is 35.5. The van der Waals surface area contributed by atoms with Crippen molar-refractivity contribution in [2.24, 2.45) is 0 Å². The van der Waals surface area contributed by atoms with E-state index in [1.807, 2.05) is 23.7 Å². The summed E-state index contributed by atoms with van der Waals surface area (Å²) in [4.78, 5) is 8.16. The van der Waals surface area contributed by atoms with E-state index in [4.69, 9.17) is 11.6 Å². The molecule has 0 aliphatic heterocycles. The molecule has 13 heteroatoms. The first-order valence-corrected chi connectivity index (χ1v) is 11.7. The molecule has 34 heavy (non-hydrogen) atoms. The minimum absolute atomic E-state index is 0.0741. The molecule has 0 saturated heterocycles. The maximum atomic E-state index is 14.9. The highest BCUT2D eigenvalue weighted by molar-refractivity contribution is 7.92. The lowest BCUT2D eigenvalue weighted by Crippen LogP contribution is -2.27. The van der Waals surface area contributed by atoms with Gasteiger partial charge >= 0.3 is 0 Å². The lowest BCUT2D eigenvalue weighted by molar-refractivity contribution is 0.570. The van der Waals surface area contributed by atoms with Gasteiger partial charge < -0.3 is 15.5 Å². The summed E-state index contributed by atoms with van der Waals surface area (Å²) in [5.41, 5.74) is 1.75. The number of sulfonamides is 1. The summed E-state index contributed by atoms with van der Waals surface area (Å²) in [5, 5.41) is 15.2. The highest BCUT2D eigenvalue weighted by Crippen LogP contribution is 2.34. The van der Waals surface area contributed by atoms with Crippen molar-refractivity contribution in [2.75, 3.05) is 42.1 Å². The number of aromatic nitrogens is 2. The molecule has 3 N–H and O–H groups in total. The van der Waals surface area contributed by atoms with E-state index < -0.39 is 32.5 Å². The molecule has 0 unspecified atom stereocenters. The number of likely N-dealkylation sites (N-methyl/N-ethyl adjacent to an activating group) is 2. The van der Waals surface area contributed by atoms with Gasteiger partial charge in [-0.25, -0.2) is 31.9 Å².